The predicted molar refractivity (Wildman–Crippen MR) is 77.0 cm³/mol. The molecule has 0 saturated heterocycles. The summed E-state index contributed by atoms with van der Waals surface area (Å²) in [7, 11) is 0. The normalized spacial score (nSPS) is 14.1. The van der Waals surface area contributed by atoms with E-state index in [1.807, 2.05) is 0 Å². The van der Waals surface area contributed by atoms with E-state index in [2.05, 4.69) is 0 Å². The highest BCUT2D eigenvalue weighted by Crippen LogP contribution is 2.29. The highest BCUT2D eigenvalue weighted by Gasteiger charge is 2.43. The number of halogens is 3. The zero-order chi connectivity index (χ0) is 17.5. The van der Waals surface area contributed by atoms with Crippen LogP contribution in [0.15, 0.2) is 30.3 Å². The smallest absolute Gasteiger partial charge is 0.391 e. The van der Waals surface area contributed by atoms with Crippen molar-refractivity contribution in [3.8, 4) is 0 Å². The van der Waals surface area contributed by atoms with Gasteiger partial charge in [0.2, 0.25) is 0 Å². The van der Waals surface area contributed by atoms with Gasteiger partial charge in [-0.2, -0.15) is 13.2 Å². The summed E-state index contributed by atoms with van der Waals surface area (Å²) in [6.45, 7) is 2.92. The number of carbonyl (C=O) groups is 2. The number of alkyl halides is 3. The molecule has 0 saturated carbocycles. The fourth-order valence-corrected chi connectivity index (χ4v) is 2.16. The van der Waals surface area contributed by atoms with Gasteiger partial charge >= 0.3 is 12.1 Å². The van der Waals surface area contributed by atoms with Gasteiger partial charge in [0.1, 0.15) is 5.92 Å². The number of ether oxygens (including phenoxy) is 2. The molecule has 23 heavy (non-hydrogen) atoms. The van der Waals surface area contributed by atoms with Crippen LogP contribution in [0.2, 0.25) is 0 Å². The molecule has 0 bridgehead atoms. The fraction of sp³-hybridized carbons (Fsp3) is 0.500. The molecule has 0 N–H and O–H groups in total. The molecule has 2 unspecified atom stereocenters. The molecule has 2 atom stereocenters. The molecule has 0 heterocycles. The summed E-state index contributed by atoms with van der Waals surface area (Å²) in [6, 6.07) is 7.66. The Morgan fingerprint density at radius 1 is 1.09 bits per heavy atom. The van der Waals surface area contributed by atoms with Gasteiger partial charge in [0.15, 0.2) is 5.78 Å². The second-order valence-electron chi connectivity index (χ2n) is 4.77. The van der Waals surface area contributed by atoms with Crippen molar-refractivity contribution in [1.82, 2.24) is 0 Å². The molecule has 1 aromatic carbocycles. The number of rotatable bonds is 8. The monoisotopic (exact) mass is 332 g/mol. The van der Waals surface area contributed by atoms with Crippen LogP contribution < -0.4 is 0 Å². The highest BCUT2D eigenvalue weighted by molar-refractivity contribution is 6.09. The van der Waals surface area contributed by atoms with Crippen LogP contribution >= 0.6 is 0 Å². The predicted octanol–water partition coefficient (Wildman–Crippen LogP) is 3.41. The third-order valence-electron chi connectivity index (χ3n) is 3.07. The summed E-state index contributed by atoms with van der Waals surface area (Å²) in [5, 5.41) is 0. The van der Waals surface area contributed by atoms with Gasteiger partial charge in [0.25, 0.3) is 0 Å². The van der Waals surface area contributed by atoms with E-state index in [1.54, 1.807) is 18.2 Å². The molecule has 0 aliphatic carbocycles. The average molecular weight is 332 g/mol. The molecule has 0 spiro atoms. The van der Waals surface area contributed by atoms with E-state index < -0.39 is 36.4 Å². The van der Waals surface area contributed by atoms with Crippen molar-refractivity contribution in [3.63, 3.8) is 0 Å². The molecule has 0 aliphatic heterocycles. The first kappa shape index (κ1) is 19.2. The Kier molecular flexibility index (Phi) is 7.22. The average Bonchev–Trinajstić information content (AvgIpc) is 2.47. The Morgan fingerprint density at radius 2 is 1.70 bits per heavy atom. The molecule has 0 amide bonds. The van der Waals surface area contributed by atoms with Gasteiger partial charge in [-0.05, 0) is 13.8 Å². The molecule has 1 rings (SSSR count). The number of hydrogen-bond donors (Lipinski definition) is 0. The Bertz CT molecular complexity index is 514. The van der Waals surface area contributed by atoms with Crippen molar-refractivity contribution < 1.29 is 32.2 Å². The maximum absolute atomic E-state index is 12.8. The van der Waals surface area contributed by atoms with Crippen LogP contribution in [0.25, 0.3) is 0 Å². The molecule has 128 valence electrons. The summed E-state index contributed by atoms with van der Waals surface area (Å²) in [5.41, 5.74) is 0.137. The molecule has 0 radical (unpaired) electrons. The van der Waals surface area contributed by atoms with Crippen LogP contribution in [0.4, 0.5) is 13.2 Å². The van der Waals surface area contributed by atoms with E-state index in [4.69, 9.17) is 9.47 Å². The quantitative estimate of drug-likeness (QED) is 0.416. The van der Waals surface area contributed by atoms with E-state index >= 15 is 0 Å². The zero-order valence-electron chi connectivity index (χ0n) is 12.9. The highest BCUT2D eigenvalue weighted by atomic mass is 19.4. The van der Waals surface area contributed by atoms with Crippen LogP contribution in [0, 0.1) is 5.92 Å². The summed E-state index contributed by atoms with van der Waals surface area (Å²) in [6.07, 6.45) is -7.59. The van der Waals surface area contributed by atoms with Gasteiger partial charge in [-0.1, -0.05) is 30.3 Å². The first-order chi connectivity index (χ1) is 10.8. The lowest BCUT2D eigenvalue weighted by Crippen LogP contribution is -2.41. The van der Waals surface area contributed by atoms with Crippen LogP contribution in [-0.4, -0.2) is 37.2 Å². The maximum Gasteiger partial charge on any atom is 0.391 e. The van der Waals surface area contributed by atoms with Gasteiger partial charge in [0.05, 0.1) is 19.1 Å². The van der Waals surface area contributed by atoms with E-state index in [9.17, 15) is 22.8 Å². The zero-order valence-corrected chi connectivity index (χ0v) is 12.9. The second-order valence-corrected chi connectivity index (χ2v) is 4.77. The van der Waals surface area contributed by atoms with Crippen LogP contribution in [0.3, 0.4) is 0 Å². The minimum Gasteiger partial charge on any atom is -0.465 e. The molecular weight excluding hydrogens is 313 g/mol. The summed E-state index contributed by atoms with van der Waals surface area (Å²) in [4.78, 5) is 24.6. The standard InChI is InChI=1S/C16H19F3O4/c1-3-22-12(10-16(17,18)19)13(15(21)23-4-2)14(20)11-8-6-5-7-9-11/h5-9,12-13H,3-4,10H2,1-2H3. The van der Waals surface area contributed by atoms with Gasteiger partial charge in [-0.3, -0.25) is 9.59 Å². The summed E-state index contributed by atoms with van der Waals surface area (Å²) in [5.74, 6) is -3.41. The Hall–Kier alpha value is -1.89. The van der Waals surface area contributed by atoms with Gasteiger partial charge < -0.3 is 9.47 Å². The van der Waals surface area contributed by atoms with Crippen LogP contribution in [0.1, 0.15) is 30.6 Å². The summed E-state index contributed by atoms with van der Waals surface area (Å²) < 4.78 is 48.1. The number of hydrogen-bond acceptors (Lipinski definition) is 4. The topological polar surface area (TPSA) is 52.6 Å². The first-order valence-electron chi connectivity index (χ1n) is 7.24. The van der Waals surface area contributed by atoms with E-state index in [0.717, 1.165) is 0 Å². The van der Waals surface area contributed by atoms with Gasteiger partial charge in [0, 0.05) is 12.2 Å². The lowest BCUT2D eigenvalue weighted by molar-refractivity contribution is -0.173. The fourth-order valence-electron chi connectivity index (χ4n) is 2.16. The van der Waals surface area contributed by atoms with Crippen molar-refractivity contribution in [2.45, 2.75) is 32.5 Å². The molecule has 0 fully saturated rings. The lowest BCUT2D eigenvalue weighted by Gasteiger charge is -2.25. The lowest BCUT2D eigenvalue weighted by atomic mass is 9.90. The molecule has 0 aliphatic rings. The van der Waals surface area contributed by atoms with E-state index in [0.29, 0.717) is 0 Å². The Labute approximate surface area is 132 Å². The van der Waals surface area contributed by atoms with Crippen LogP contribution in [0.5, 0.6) is 0 Å². The third-order valence-corrected chi connectivity index (χ3v) is 3.07. The van der Waals surface area contributed by atoms with Crippen molar-refractivity contribution in [3.05, 3.63) is 35.9 Å². The molecule has 7 heteroatoms. The summed E-state index contributed by atoms with van der Waals surface area (Å²) >= 11 is 0. The van der Waals surface area contributed by atoms with Crippen molar-refractivity contribution in [2.24, 2.45) is 5.92 Å². The second kappa shape index (κ2) is 8.67. The van der Waals surface area contributed by atoms with Crippen LogP contribution in [-0.2, 0) is 14.3 Å². The van der Waals surface area contributed by atoms with Crippen molar-refractivity contribution >= 4 is 11.8 Å². The van der Waals surface area contributed by atoms with Gasteiger partial charge in [-0.25, -0.2) is 0 Å². The van der Waals surface area contributed by atoms with Crippen molar-refractivity contribution in [1.29, 1.82) is 0 Å². The largest absolute Gasteiger partial charge is 0.465 e. The number of carbonyl (C=O) groups excluding carboxylic acids is 2. The molecule has 1 aromatic rings. The molecular formula is C16H19F3O4. The van der Waals surface area contributed by atoms with E-state index in [-0.39, 0.29) is 18.8 Å². The molecule has 4 nitrogen and oxygen atoms in total. The Morgan fingerprint density at radius 3 is 2.17 bits per heavy atom. The maximum atomic E-state index is 12.8. The number of ketones is 1. The van der Waals surface area contributed by atoms with Gasteiger partial charge in [-0.15, -0.1) is 0 Å². The van der Waals surface area contributed by atoms with Crippen molar-refractivity contribution in [2.75, 3.05) is 13.2 Å². The number of benzene rings is 1. The minimum absolute atomic E-state index is 0.0394. The molecule has 0 aromatic heterocycles. The SMILES string of the molecule is CCOC(=O)C(C(=O)c1ccccc1)C(CC(F)(F)F)OCC. The van der Waals surface area contributed by atoms with E-state index in [1.165, 1.54) is 26.0 Å². The minimum atomic E-state index is -4.57. The third kappa shape index (κ3) is 6.02. The number of esters is 1. The Balaban J connectivity index is 3.15. The number of Topliss-reactive ketones (excluding diaryl/α,β-unsaturated/α-hetero) is 1. The first-order valence-corrected chi connectivity index (χ1v) is 7.24.